The van der Waals surface area contributed by atoms with Gasteiger partial charge in [-0.25, -0.2) is 8.42 Å². The van der Waals surface area contributed by atoms with E-state index in [-0.39, 0.29) is 41.1 Å². The second kappa shape index (κ2) is 16.5. The first kappa shape index (κ1) is 36.3. The number of nitrogens with zero attached hydrogens (tertiary/aromatic N) is 2. The monoisotopic (exact) mass is 691 g/mol. The fourth-order valence-electron chi connectivity index (χ4n) is 5.15. The standard InChI is InChI=1S/C37H42ClN3O6S/c1-26(2)23-39-37(43)34(21-28-10-7-6-8-11-28)40(24-29-12-9-13-30(38)20-29)36(42)25-41(33-22-31(46-4)16-19-35(33)47-5)48(44,45)32-17-14-27(3)15-18-32/h6-20,22,26,34H,21,23-25H2,1-5H3,(H,39,43)/t34-/m0/s1. The highest BCUT2D eigenvalue weighted by molar-refractivity contribution is 7.92. The van der Waals surface area contributed by atoms with Crippen molar-refractivity contribution in [2.24, 2.45) is 5.92 Å². The lowest BCUT2D eigenvalue weighted by Crippen LogP contribution is -2.53. The molecule has 254 valence electrons. The van der Waals surface area contributed by atoms with Crippen LogP contribution in [0.25, 0.3) is 0 Å². The summed E-state index contributed by atoms with van der Waals surface area (Å²) < 4.78 is 40.8. The van der Waals surface area contributed by atoms with E-state index in [1.807, 2.05) is 57.2 Å². The minimum Gasteiger partial charge on any atom is -0.497 e. The highest BCUT2D eigenvalue weighted by atomic mass is 35.5. The van der Waals surface area contributed by atoms with E-state index in [1.165, 1.54) is 37.3 Å². The normalized spacial score (nSPS) is 11.9. The maximum atomic E-state index is 14.7. The molecule has 0 unspecified atom stereocenters. The zero-order valence-corrected chi connectivity index (χ0v) is 29.4. The molecule has 0 saturated carbocycles. The van der Waals surface area contributed by atoms with Crippen molar-refractivity contribution in [2.45, 2.75) is 44.7 Å². The molecule has 0 heterocycles. The number of anilines is 1. The number of hydrogen-bond acceptors (Lipinski definition) is 6. The molecule has 1 atom stereocenters. The highest BCUT2D eigenvalue weighted by Crippen LogP contribution is 2.36. The molecular weight excluding hydrogens is 650 g/mol. The van der Waals surface area contributed by atoms with Gasteiger partial charge in [-0.2, -0.15) is 0 Å². The first-order chi connectivity index (χ1) is 22.9. The highest BCUT2D eigenvalue weighted by Gasteiger charge is 2.36. The van der Waals surface area contributed by atoms with Gasteiger partial charge in [0.15, 0.2) is 0 Å². The van der Waals surface area contributed by atoms with Crippen LogP contribution >= 0.6 is 11.6 Å². The van der Waals surface area contributed by atoms with Gasteiger partial charge in [0, 0.05) is 30.6 Å². The number of ether oxygens (including phenoxy) is 2. The van der Waals surface area contributed by atoms with Crippen LogP contribution in [0.15, 0.2) is 102 Å². The zero-order valence-electron chi connectivity index (χ0n) is 27.9. The van der Waals surface area contributed by atoms with E-state index >= 15 is 0 Å². The summed E-state index contributed by atoms with van der Waals surface area (Å²) in [4.78, 5) is 30.1. The molecule has 2 amide bonds. The molecule has 0 aliphatic heterocycles. The molecule has 48 heavy (non-hydrogen) atoms. The smallest absolute Gasteiger partial charge is 0.264 e. The van der Waals surface area contributed by atoms with Crippen molar-refractivity contribution in [3.8, 4) is 11.5 Å². The van der Waals surface area contributed by atoms with Gasteiger partial charge >= 0.3 is 0 Å². The van der Waals surface area contributed by atoms with Crippen molar-refractivity contribution in [1.29, 1.82) is 0 Å². The molecule has 0 bridgehead atoms. The van der Waals surface area contributed by atoms with Crippen LogP contribution in [0.1, 0.15) is 30.5 Å². The molecular formula is C37H42ClN3O6S. The van der Waals surface area contributed by atoms with Crippen LogP contribution < -0.4 is 19.1 Å². The van der Waals surface area contributed by atoms with Gasteiger partial charge in [-0.1, -0.05) is 85.6 Å². The van der Waals surface area contributed by atoms with Gasteiger partial charge < -0.3 is 19.7 Å². The third kappa shape index (κ3) is 9.29. The Balaban J connectivity index is 1.86. The number of hydrogen-bond donors (Lipinski definition) is 1. The Kier molecular flexibility index (Phi) is 12.5. The molecule has 0 aliphatic rings. The Morgan fingerprint density at radius 2 is 1.54 bits per heavy atom. The van der Waals surface area contributed by atoms with E-state index in [1.54, 1.807) is 42.5 Å². The number of aryl methyl sites for hydroxylation is 1. The van der Waals surface area contributed by atoms with E-state index in [0.717, 1.165) is 15.4 Å². The number of benzene rings is 4. The molecule has 4 aromatic rings. The van der Waals surface area contributed by atoms with Crippen LogP contribution in [-0.2, 0) is 32.6 Å². The van der Waals surface area contributed by atoms with Gasteiger partial charge in [-0.15, -0.1) is 0 Å². The van der Waals surface area contributed by atoms with Crippen LogP contribution in [0.3, 0.4) is 0 Å². The van der Waals surface area contributed by atoms with Crippen LogP contribution in [0.4, 0.5) is 5.69 Å². The van der Waals surface area contributed by atoms with Crippen molar-refractivity contribution in [3.63, 3.8) is 0 Å². The van der Waals surface area contributed by atoms with Crippen LogP contribution in [0.2, 0.25) is 5.02 Å². The van der Waals surface area contributed by atoms with Crippen LogP contribution in [0, 0.1) is 12.8 Å². The minimum absolute atomic E-state index is 0.000340. The number of methoxy groups -OCH3 is 2. The summed E-state index contributed by atoms with van der Waals surface area (Å²) in [6.45, 7) is 5.59. The second-order valence-electron chi connectivity index (χ2n) is 11.9. The topological polar surface area (TPSA) is 105 Å². The number of carbonyl (C=O) groups excluding carboxylic acids is 2. The summed E-state index contributed by atoms with van der Waals surface area (Å²) >= 11 is 6.33. The average molecular weight is 692 g/mol. The summed E-state index contributed by atoms with van der Waals surface area (Å²) in [5.41, 5.74) is 2.50. The molecule has 0 spiro atoms. The van der Waals surface area contributed by atoms with Gasteiger partial charge in [0.1, 0.15) is 24.1 Å². The van der Waals surface area contributed by atoms with Crippen LogP contribution in [0.5, 0.6) is 11.5 Å². The zero-order chi connectivity index (χ0) is 34.8. The lowest BCUT2D eigenvalue weighted by atomic mass is 10.0. The van der Waals surface area contributed by atoms with Crippen molar-refractivity contribution in [2.75, 3.05) is 31.6 Å². The number of halogens is 1. The molecule has 11 heteroatoms. The molecule has 0 aromatic heterocycles. The molecule has 0 fully saturated rings. The van der Waals surface area contributed by atoms with Crippen molar-refractivity contribution < 1.29 is 27.5 Å². The van der Waals surface area contributed by atoms with Gasteiger partial charge in [0.05, 0.1) is 24.8 Å². The molecule has 0 saturated heterocycles. The molecule has 1 N–H and O–H groups in total. The lowest BCUT2D eigenvalue weighted by molar-refractivity contribution is -0.140. The maximum absolute atomic E-state index is 14.7. The van der Waals surface area contributed by atoms with E-state index in [0.29, 0.717) is 22.9 Å². The fourth-order valence-corrected chi connectivity index (χ4v) is 6.78. The number of sulfonamides is 1. The Morgan fingerprint density at radius 3 is 2.17 bits per heavy atom. The predicted octanol–water partition coefficient (Wildman–Crippen LogP) is 6.27. The molecule has 0 aliphatic carbocycles. The van der Waals surface area contributed by atoms with Gasteiger partial charge in [0.2, 0.25) is 11.8 Å². The van der Waals surface area contributed by atoms with E-state index in [2.05, 4.69) is 5.32 Å². The first-order valence-electron chi connectivity index (χ1n) is 15.6. The Labute approximate surface area is 288 Å². The summed E-state index contributed by atoms with van der Waals surface area (Å²) in [6.07, 6.45) is 0.199. The SMILES string of the molecule is COc1ccc(OC)c(N(CC(=O)N(Cc2cccc(Cl)c2)[C@@H](Cc2ccccc2)C(=O)NCC(C)C)S(=O)(=O)c2ccc(C)cc2)c1. The molecule has 0 radical (unpaired) electrons. The van der Waals surface area contributed by atoms with Crippen molar-refractivity contribution >= 4 is 39.1 Å². The largest absolute Gasteiger partial charge is 0.497 e. The van der Waals surface area contributed by atoms with E-state index in [4.69, 9.17) is 21.1 Å². The minimum atomic E-state index is -4.33. The van der Waals surface area contributed by atoms with Gasteiger partial charge in [-0.3, -0.25) is 13.9 Å². The van der Waals surface area contributed by atoms with Crippen LogP contribution in [-0.4, -0.2) is 58.5 Å². The summed E-state index contributed by atoms with van der Waals surface area (Å²) in [6, 6.07) is 26.5. The van der Waals surface area contributed by atoms with Crippen molar-refractivity contribution in [3.05, 3.63) is 119 Å². The quantitative estimate of drug-likeness (QED) is 0.158. The molecule has 4 rings (SSSR count). The van der Waals surface area contributed by atoms with E-state index in [9.17, 15) is 18.0 Å². The maximum Gasteiger partial charge on any atom is 0.264 e. The fraction of sp³-hybridized carbons (Fsp3) is 0.297. The number of rotatable bonds is 15. The number of carbonyl (C=O) groups is 2. The predicted molar refractivity (Wildman–Crippen MR) is 189 cm³/mol. The molecule has 9 nitrogen and oxygen atoms in total. The third-order valence-corrected chi connectivity index (χ3v) is 9.75. The average Bonchev–Trinajstić information content (AvgIpc) is 3.07. The molecule has 4 aromatic carbocycles. The Bertz CT molecular complexity index is 1800. The van der Waals surface area contributed by atoms with Gasteiger partial charge in [-0.05, 0) is 60.4 Å². The Hall–Kier alpha value is -4.54. The summed E-state index contributed by atoms with van der Waals surface area (Å²) in [5, 5.41) is 3.45. The van der Waals surface area contributed by atoms with Crippen molar-refractivity contribution in [1.82, 2.24) is 10.2 Å². The van der Waals surface area contributed by atoms with E-state index < -0.39 is 28.5 Å². The summed E-state index contributed by atoms with van der Waals surface area (Å²) in [7, 11) is -1.45. The summed E-state index contributed by atoms with van der Waals surface area (Å²) in [5.74, 6) is -0.200. The lowest BCUT2D eigenvalue weighted by Gasteiger charge is -2.34. The first-order valence-corrected chi connectivity index (χ1v) is 17.4. The second-order valence-corrected chi connectivity index (χ2v) is 14.2. The third-order valence-electron chi connectivity index (χ3n) is 7.74. The van der Waals surface area contributed by atoms with Gasteiger partial charge in [0.25, 0.3) is 10.0 Å². The Morgan fingerprint density at radius 1 is 0.854 bits per heavy atom. The number of amides is 2. The number of nitrogens with one attached hydrogen (secondary N) is 1.